The van der Waals surface area contributed by atoms with E-state index in [1.54, 1.807) is 25.1 Å². The van der Waals surface area contributed by atoms with Crippen LogP contribution in [-0.2, 0) is 0 Å². The normalized spacial score (nSPS) is 12.5. The smallest absolute Gasteiger partial charge is 0.408 e. The molecule has 2 aromatic heterocycles. The maximum absolute atomic E-state index is 14.4. The van der Waals surface area contributed by atoms with Crippen LogP contribution in [0.5, 0.6) is 0 Å². The second kappa shape index (κ2) is 9.79. The maximum Gasteiger partial charge on any atom is 0.417 e. The number of nitrogens with zero attached hydrogens (tertiary/aromatic N) is 3. The molecular weight excluding hydrogens is 461 g/mol. The fourth-order valence-electron chi connectivity index (χ4n) is 3.74. The third-order valence-corrected chi connectivity index (χ3v) is 5.32. The molecule has 35 heavy (non-hydrogen) atoms. The van der Waals surface area contributed by atoms with Crippen LogP contribution in [0.3, 0.4) is 0 Å². The lowest BCUT2D eigenvalue weighted by Crippen LogP contribution is -2.28. The highest BCUT2D eigenvalue weighted by Crippen LogP contribution is 2.32. The van der Waals surface area contributed by atoms with Crippen LogP contribution in [0.25, 0.3) is 11.1 Å². The van der Waals surface area contributed by atoms with Crippen molar-refractivity contribution in [2.24, 2.45) is 0 Å². The Kier molecular flexibility index (Phi) is 6.79. The molecule has 184 valence electrons. The summed E-state index contributed by atoms with van der Waals surface area (Å²) in [6, 6.07) is 8.58. The zero-order valence-electron chi connectivity index (χ0n) is 19.6. The first kappa shape index (κ1) is 24.3. The molecule has 3 N–H and O–H groups in total. The Labute approximate surface area is 199 Å². The van der Waals surface area contributed by atoms with Gasteiger partial charge in [-0.3, -0.25) is 9.88 Å². The largest absolute Gasteiger partial charge is 0.417 e. The van der Waals surface area contributed by atoms with Crippen molar-refractivity contribution in [3.63, 3.8) is 0 Å². The van der Waals surface area contributed by atoms with Crippen LogP contribution >= 0.6 is 0 Å². The summed E-state index contributed by atoms with van der Waals surface area (Å²) in [4.78, 5) is 22.9. The van der Waals surface area contributed by atoms with Crippen LogP contribution in [-0.4, -0.2) is 27.5 Å². The van der Waals surface area contributed by atoms with Gasteiger partial charge in [0, 0.05) is 29.5 Å². The van der Waals surface area contributed by atoms with Crippen molar-refractivity contribution < 1.29 is 17.6 Å². The molecule has 4 aromatic rings. The number of nitrogens with one attached hydrogen (secondary N) is 3. The third-order valence-electron chi connectivity index (χ3n) is 5.32. The Balaban J connectivity index is 1.70. The summed E-state index contributed by atoms with van der Waals surface area (Å²) in [5.41, 5.74) is 2.45. The monoisotopic (exact) mass is 486 g/mol. The van der Waals surface area contributed by atoms with Crippen molar-refractivity contribution in [1.82, 2.24) is 20.3 Å². The first-order valence-corrected chi connectivity index (χ1v) is 11.0. The van der Waals surface area contributed by atoms with Gasteiger partial charge in [0.25, 0.3) is 0 Å². The van der Waals surface area contributed by atoms with E-state index in [1.807, 2.05) is 20.8 Å². The van der Waals surface area contributed by atoms with Gasteiger partial charge in [-0.25, -0.2) is 14.2 Å². The molecule has 0 aliphatic rings. The Hall–Kier alpha value is -3.86. The predicted octanol–water partition coefficient (Wildman–Crippen LogP) is 5.52. The van der Waals surface area contributed by atoms with Gasteiger partial charge in [-0.15, -0.1) is 0 Å². The van der Waals surface area contributed by atoms with E-state index in [9.17, 15) is 18.0 Å². The number of halogens is 3. The first-order valence-electron chi connectivity index (χ1n) is 11.0. The quantitative estimate of drug-likeness (QED) is 0.282. The lowest BCUT2D eigenvalue weighted by Gasteiger charge is -2.25. The molecular formula is C24H25F3N6O2. The average molecular weight is 486 g/mol. The number of aromatic amines is 1. The summed E-state index contributed by atoms with van der Waals surface area (Å²) in [7, 11) is 0. The molecule has 11 heteroatoms. The van der Waals surface area contributed by atoms with Crippen LogP contribution in [0.4, 0.5) is 36.3 Å². The van der Waals surface area contributed by atoms with E-state index >= 15 is 0 Å². The van der Waals surface area contributed by atoms with Crippen molar-refractivity contribution in [1.29, 1.82) is 0 Å². The topological polar surface area (TPSA) is 99.1 Å². The fraction of sp³-hybridized carbons (Fsp3) is 0.292. The Morgan fingerprint density at radius 3 is 2.60 bits per heavy atom. The molecule has 1 atom stereocenters. The number of hydrogen-bond donors (Lipinski definition) is 3. The molecule has 0 saturated carbocycles. The van der Waals surface area contributed by atoms with Crippen LogP contribution in [0.15, 0.2) is 51.8 Å². The number of benzene rings is 2. The van der Waals surface area contributed by atoms with Gasteiger partial charge in [0.2, 0.25) is 5.95 Å². The number of oxazole rings is 1. The summed E-state index contributed by atoms with van der Waals surface area (Å²) in [6.07, 6.45) is 1.40. The van der Waals surface area contributed by atoms with E-state index in [2.05, 4.69) is 25.6 Å². The lowest BCUT2D eigenvalue weighted by atomic mass is 10.1. The number of hydrogen-bond acceptors (Lipinski definition) is 7. The molecule has 0 aliphatic heterocycles. The van der Waals surface area contributed by atoms with Gasteiger partial charge >= 0.3 is 12.3 Å². The predicted molar refractivity (Wildman–Crippen MR) is 128 cm³/mol. The summed E-state index contributed by atoms with van der Waals surface area (Å²) in [5.74, 6) is -1.25. The zero-order valence-corrected chi connectivity index (χ0v) is 19.6. The number of aromatic nitrogens is 3. The molecule has 1 unspecified atom stereocenters. The molecule has 0 fully saturated rings. The molecule has 2 heterocycles. The van der Waals surface area contributed by atoms with E-state index in [0.717, 1.165) is 6.07 Å². The number of rotatable bonds is 8. The fourth-order valence-corrected chi connectivity index (χ4v) is 3.74. The molecule has 0 bridgehead atoms. The number of aryl methyl sites for hydroxylation is 1. The van der Waals surface area contributed by atoms with Crippen LogP contribution in [0, 0.1) is 12.7 Å². The van der Waals surface area contributed by atoms with E-state index < -0.39 is 18.1 Å². The van der Waals surface area contributed by atoms with Gasteiger partial charge in [0.15, 0.2) is 5.58 Å². The van der Waals surface area contributed by atoms with Crippen molar-refractivity contribution >= 4 is 34.2 Å². The summed E-state index contributed by atoms with van der Waals surface area (Å²) in [5, 5.41) is 6.29. The molecule has 0 spiro atoms. The van der Waals surface area contributed by atoms with Crippen molar-refractivity contribution in [3.8, 4) is 0 Å². The van der Waals surface area contributed by atoms with Crippen LogP contribution in [0.2, 0.25) is 0 Å². The van der Waals surface area contributed by atoms with Crippen LogP contribution < -0.4 is 21.3 Å². The highest BCUT2D eigenvalue weighted by molar-refractivity contribution is 5.78. The minimum Gasteiger partial charge on any atom is -0.408 e. The molecule has 4 rings (SSSR count). The van der Waals surface area contributed by atoms with Gasteiger partial charge in [-0.05, 0) is 55.8 Å². The number of fused-ring (bicyclic) bond motifs is 1. The summed E-state index contributed by atoms with van der Waals surface area (Å²) < 4.78 is 47.9. The van der Waals surface area contributed by atoms with Crippen molar-refractivity contribution in [2.45, 2.75) is 46.3 Å². The third kappa shape index (κ3) is 5.46. The summed E-state index contributed by atoms with van der Waals surface area (Å²) in [6.45, 7) is 4.41. The lowest BCUT2D eigenvalue weighted by molar-refractivity contribution is 0.154. The molecule has 0 aliphatic carbocycles. The minimum absolute atomic E-state index is 0.0698. The Bertz CT molecular complexity index is 1400. The maximum atomic E-state index is 14.4. The SMILES string of the molecule is Cc1cnc(N(c2cc(F)cc(C(C)NC(C)C)c2)C(F)F)nc1Nc1ccc2oc(=O)[nH]c2c1. The van der Waals surface area contributed by atoms with Gasteiger partial charge in [0.05, 0.1) is 11.2 Å². The second-order valence-electron chi connectivity index (χ2n) is 8.49. The number of alkyl halides is 2. The number of H-pyrrole nitrogens is 1. The van der Waals surface area contributed by atoms with E-state index in [-0.39, 0.29) is 29.5 Å². The Morgan fingerprint density at radius 1 is 1.11 bits per heavy atom. The van der Waals surface area contributed by atoms with Gasteiger partial charge in [-0.1, -0.05) is 13.8 Å². The van der Waals surface area contributed by atoms with E-state index in [4.69, 9.17) is 4.42 Å². The average Bonchev–Trinajstić information content (AvgIpc) is 3.14. The molecule has 2 aromatic carbocycles. The van der Waals surface area contributed by atoms with Gasteiger partial charge < -0.3 is 15.1 Å². The zero-order chi connectivity index (χ0) is 25.3. The van der Waals surface area contributed by atoms with Gasteiger partial charge in [0.1, 0.15) is 11.6 Å². The van der Waals surface area contributed by atoms with Crippen molar-refractivity contribution in [3.05, 3.63) is 70.1 Å². The second-order valence-corrected chi connectivity index (χ2v) is 8.49. The molecule has 0 radical (unpaired) electrons. The summed E-state index contributed by atoms with van der Waals surface area (Å²) >= 11 is 0. The standard InChI is InChI=1S/C24H25F3N6O2/c1-12(2)29-14(4)15-7-16(25)9-18(8-15)33(22(26)27)23-28-11-13(3)21(32-23)30-17-5-6-20-19(10-17)31-24(34)35-20/h5-12,14,22,29H,1-4H3,(H,31,34)(H,28,30,32). The highest BCUT2D eigenvalue weighted by atomic mass is 19.3. The van der Waals surface area contributed by atoms with E-state index in [0.29, 0.717) is 32.8 Å². The Morgan fingerprint density at radius 2 is 1.89 bits per heavy atom. The van der Waals surface area contributed by atoms with Crippen molar-refractivity contribution in [2.75, 3.05) is 10.2 Å². The number of anilines is 4. The highest BCUT2D eigenvalue weighted by Gasteiger charge is 2.25. The first-order chi connectivity index (χ1) is 16.6. The molecule has 8 nitrogen and oxygen atoms in total. The molecule has 0 saturated heterocycles. The molecule has 0 amide bonds. The van der Waals surface area contributed by atoms with E-state index in [1.165, 1.54) is 18.3 Å². The van der Waals surface area contributed by atoms with Gasteiger partial charge in [-0.2, -0.15) is 13.8 Å². The van der Waals surface area contributed by atoms with Crippen LogP contribution in [0.1, 0.15) is 37.9 Å². The minimum atomic E-state index is -3.03.